The minimum atomic E-state index is -4.13. The van der Waals surface area contributed by atoms with Crippen LogP contribution in [0.25, 0.3) is 0 Å². The van der Waals surface area contributed by atoms with Gasteiger partial charge in [0.1, 0.15) is 0 Å². The molecule has 0 saturated carbocycles. The first kappa shape index (κ1) is 13.4. The van der Waals surface area contributed by atoms with Gasteiger partial charge >= 0.3 is 6.18 Å². The summed E-state index contributed by atoms with van der Waals surface area (Å²) in [6.07, 6.45) is -4.13. The molecular formula is C13H17F3N2. The van der Waals surface area contributed by atoms with Crippen LogP contribution in [0, 0.1) is 5.92 Å². The van der Waals surface area contributed by atoms with E-state index in [1.807, 2.05) is 35.2 Å². The molecule has 2 rings (SSSR count). The summed E-state index contributed by atoms with van der Waals surface area (Å²) in [5, 5.41) is 2.77. The van der Waals surface area contributed by atoms with E-state index in [1.54, 1.807) is 7.05 Å². The summed E-state index contributed by atoms with van der Waals surface area (Å²) in [5.41, 5.74) is 1.05. The highest BCUT2D eigenvalue weighted by atomic mass is 19.4. The van der Waals surface area contributed by atoms with E-state index < -0.39 is 18.1 Å². The van der Waals surface area contributed by atoms with Crippen LogP contribution in [0.4, 0.5) is 13.2 Å². The van der Waals surface area contributed by atoms with Crippen molar-refractivity contribution < 1.29 is 13.2 Å². The van der Waals surface area contributed by atoms with Crippen molar-refractivity contribution >= 4 is 0 Å². The third-order valence-electron chi connectivity index (χ3n) is 3.44. The number of rotatable bonds is 3. The summed E-state index contributed by atoms with van der Waals surface area (Å²) >= 11 is 0. The van der Waals surface area contributed by atoms with Crippen molar-refractivity contribution in [2.75, 3.05) is 20.1 Å². The number of hydrogen-bond donors (Lipinski definition) is 1. The number of benzene rings is 1. The molecule has 1 aromatic carbocycles. The lowest BCUT2D eigenvalue weighted by molar-refractivity contribution is -0.175. The summed E-state index contributed by atoms with van der Waals surface area (Å²) in [5.74, 6) is -1.27. The minimum absolute atomic E-state index is 0.0733. The molecule has 1 aliphatic rings. The van der Waals surface area contributed by atoms with Gasteiger partial charge in [-0.1, -0.05) is 30.3 Å². The van der Waals surface area contributed by atoms with Gasteiger partial charge in [-0.05, 0) is 12.6 Å². The average molecular weight is 258 g/mol. The molecule has 1 N–H and O–H groups in total. The molecule has 1 fully saturated rings. The van der Waals surface area contributed by atoms with E-state index in [0.29, 0.717) is 13.1 Å². The smallest absolute Gasteiger partial charge is 0.315 e. The predicted molar refractivity (Wildman–Crippen MR) is 64.1 cm³/mol. The van der Waals surface area contributed by atoms with Crippen LogP contribution in [0.3, 0.4) is 0 Å². The van der Waals surface area contributed by atoms with Gasteiger partial charge in [0.15, 0.2) is 0 Å². The third kappa shape index (κ3) is 3.03. The quantitative estimate of drug-likeness (QED) is 0.894. The van der Waals surface area contributed by atoms with E-state index in [1.165, 1.54) is 0 Å². The van der Waals surface area contributed by atoms with E-state index in [-0.39, 0.29) is 6.54 Å². The molecule has 1 aliphatic heterocycles. The summed E-state index contributed by atoms with van der Waals surface area (Å²) in [7, 11) is 1.59. The Labute approximate surface area is 105 Å². The van der Waals surface area contributed by atoms with E-state index in [4.69, 9.17) is 0 Å². The summed E-state index contributed by atoms with van der Waals surface area (Å²) in [6.45, 7) is 1.09. The topological polar surface area (TPSA) is 15.3 Å². The fourth-order valence-corrected chi connectivity index (χ4v) is 2.48. The zero-order valence-electron chi connectivity index (χ0n) is 10.2. The van der Waals surface area contributed by atoms with Crippen molar-refractivity contribution in [3.05, 3.63) is 35.9 Å². The van der Waals surface area contributed by atoms with Crippen molar-refractivity contribution in [3.63, 3.8) is 0 Å². The fraction of sp³-hybridized carbons (Fsp3) is 0.538. The second-order valence-electron chi connectivity index (χ2n) is 4.72. The Morgan fingerprint density at radius 1 is 1.22 bits per heavy atom. The maximum atomic E-state index is 12.8. The highest BCUT2D eigenvalue weighted by Gasteiger charge is 2.48. The number of nitrogens with one attached hydrogen (secondary N) is 1. The first-order valence-corrected chi connectivity index (χ1v) is 6.01. The van der Waals surface area contributed by atoms with Crippen LogP contribution < -0.4 is 5.32 Å². The molecule has 0 aliphatic carbocycles. The number of hydrogen-bond acceptors (Lipinski definition) is 2. The molecule has 2 unspecified atom stereocenters. The van der Waals surface area contributed by atoms with Gasteiger partial charge in [-0.3, -0.25) is 4.90 Å². The highest BCUT2D eigenvalue weighted by molar-refractivity contribution is 5.15. The molecule has 5 heteroatoms. The van der Waals surface area contributed by atoms with Crippen molar-refractivity contribution in [1.29, 1.82) is 0 Å². The van der Waals surface area contributed by atoms with Gasteiger partial charge in [0.2, 0.25) is 0 Å². The predicted octanol–water partition coefficient (Wildman–Crippen LogP) is 2.27. The van der Waals surface area contributed by atoms with Gasteiger partial charge < -0.3 is 5.32 Å². The fourth-order valence-electron chi connectivity index (χ4n) is 2.48. The Morgan fingerprint density at radius 3 is 2.39 bits per heavy atom. The highest BCUT2D eigenvalue weighted by Crippen LogP contribution is 2.34. The number of likely N-dealkylation sites (tertiary alicyclic amines) is 1. The second-order valence-corrected chi connectivity index (χ2v) is 4.72. The molecule has 0 spiro atoms. The standard InChI is InChI=1S/C13H17F3N2/c1-17-12-9-18(8-11(12)13(14,15)16)7-10-5-3-2-4-6-10/h2-6,11-12,17H,7-9H2,1H3. The van der Waals surface area contributed by atoms with E-state index in [0.717, 1.165) is 5.56 Å². The molecule has 0 amide bonds. The largest absolute Gasteiger partial charge is 0.394 e. The Kier molecular flexibility index (Phi) is 3.92. The Bertz CT molecular complexity index is 378. The maximum absolute atomic E-state index is 12.8. The Hall–Kier alpha value is -1.07. The van der Waals surface area contributed by atoms with Crippen LogP contribution in [-0.2, 0) is 6.54 Å². The lowest BCUT2D eigenvalue weighted by Gasteiger charge is -2.20. The molecule has 1 heterocycles. The number of likely N-dealkylation sites (N-methyl/N-ethyl adjacent to an activating group) is 1. The molecular weight excluding hydrogens is 241 g/mol. The first-order valence-electron chi connectivity index (χ1n) is 6.01. The molecule has 0 aromatic heterocycles. The maximum Gasteiger partial charge on any atom is 0.394 e. The van der Waals surface area contributed by atoms with Gasteiger partial charge in [-0.2, -0.15) is 13.2 Å². The number of alkyl halides is 3. The molecule has 18 heavy (non-hydrogen) atoms. The lowest BCUT2D eigenvalue weighted by Crippen LogP contribution is -2.40. The van der Waals surface area contributed by atoms with Crippen LogP contribution in [0.1, 0.15) is 5.56 Å². The SMILES string of the molecule is CNC1CN(Cc2ccccc2)CC1C(F)(F)F. The van der Waals surface area contributed by atoms with Crippen molar-refractivity contribution in [3.8, 4) is 0 Å². The van der Waals surface area contributed by atoms with Crippen LogP contribution in [0.5, 0.6) is 0 Å². The molecule has 2 atom stereocenters. The molecule has 2 nitrogen and oxygen atoms in total. The number of halogens is 3. The first-order chi connectivity index (χ1) is 8.50. The lowest BCUT2D eigenvalue weighted by atomic mass is 10.0. The van der Waals surface area contributed by atoms with Crippen LogP contribution in [-0.4, -0.2) is 37.3 Å². The van der Waals surface area contributed by atoms with E-state index >= 15 is 0 Å². The third-order valence-corrected chi connectivity index (χ3v) is 3.44. The van der Waals surface area contributed by atoms with Crippen molar-refractivity contribution in [1.82, 2.24) is 10.2 Å². The molecule has 0 radical (unpaired) electrons. The zero-order chi connectivity index (χ0) is 13.2. The summed E-state index contributed by atoms with van der Waals surface area (Å²) in [4.78, 5) is 1.86. The zero-order valence-corrected chi connectivity index (χ0v) is 10.2. The molecule has 100 valence electrons. The van der Waals surface area contributed by atoms with Crippen LogP contribution in [0.2, 0.25) is 0 Å². The average Bonchev–Trinajstić information content (AvgIpc) is 2.73. The van der Waals surface area contributed by atoms with E-state index in [2.05, 4.69) is 5.32 Å². The number of nitrogens with zero attached hydrogens (tertiary/aromatic N) is 1. The van der Waals surface area contributed by atoms with Gasteiger partial charge in [0.05, 0.1) is 5.92 Å². The van der Waals surface area contributed by atoms with Gasteiger partial charge in [-0.25, -0.2) is 0 Å². The van der Waals surface area contributed by atoms with Gasteiger partial charge in [0, 0.05) is 25.7 Å². The molecule has 0 bridgehead atoms. The van der Waals surface area contributed by atoms with Gasteiger partial charge in [-0.15, -0.1) is 0 Å². The summed E-state index contributed by atoms with van der Waals surface area (Å²) in [6, 6.07) is 9.09. The molecule has 1 saturated heterocycles. The van der Waals surface area contributed by atoms with Crippen LogP contribution >= 0.6 is 0 Å². The van der Waals surface area contributed by atoms with Crippen molar-refractivity contribution in [2.24, 2.45) is 5.92 Å². The van der Waals surface area contributed by atoms with Crippen LogP contribution in [0.15, 0.2) is 30.3 Å². The normalized spacial score (nSPS) is 25.6. The van der Waals surface area contributed by atoms with E-state index in [9.17, 15) is 13.2 Å². The summed E-state index contributed by atoms with van der Waals surface area (Å²) < 4.78 is 38.5. The molecule has 1 aromatic rings. The second kappa shape index (κ2) is 5.28. The van der Waals surface area contributed by atoms with Gasteiger partial charge in [0.25, 0.3) is 0 Å². The minimum Gasteiger partial charge on any atom is -0.315 e. The Morgan fingerprint density at radius 2 is 1.89 bits per heavy atom. The van der Waals surface area contributed by atoms with Crippen molar-refractivity contribution in [2.45, 2.75) is 18.8 Å². The Balaban J connectivity index is 2.01. The monoisotopic (exact) mass is 258 g/mol.